The van der Waals surface area contributed by atoms with Crippen molar-refractivity contribution in [3.63, 3.8) is 0 Å². The lowest BCUT2D eigenvalue weighted by Crippen LogP contribution is -2.55. The molecule has 2 fully saturated rings. The maximum Gasteiger partial charge on any atom is 0.681 e. The molecule has 2 aliphatic heterocycles. The molecule has 2 rings (SSSR count). The van der Waals surface area contributed by atoms with Gasteiger partial charge in [-0.3, -0.25) is 0 Å². The third-order valence-electron chi connectivity index (χ3n) is 4.00. The Kier molecular flexibility index (Phi) is 13.7. The van der Waals surface area contributed by atoms with E-state index in [-0.39, 0.29) is 0 Å². The topological polar surface area (TPSA) is 106 Å². The van der Waals surface area contributed by atoms with Gasteiger partial charge in [0.15, 0.2) is 5.79 Å². The van der Waals surface area contributed by atoms with Gasteiger partial charge in [0.2, 0.25) is 0 Å². The van der Waals surface area contributed by atoms with Gasteiger partial charge in [0.05, 0.1) is 26.4 Å². The van der Waals surface area contributed by atoms with E-state index in [1.54, 1.807) is 0 Å². The average Bonchev–Trinajstić information content (AvgIpc) is 3.57. The molecule has 2 saturated heterocycles. The molecule has 0 aromatic carbocycles. The zero-order valence-electron chi connectivity index (χ0n) is 18.8. The van der Waals surface area contributed by atoms with Crippen LogP contribution in [0.15, 0.2) is 0 Å². The maximum atomic E-state index is 6.08. The molecule has 29 heavy (non-hydrogen) atoms. The Hall–Kier alpha value is -0.143. The first-order chi connectivity index (χ1) is 14.0. The van der Waals surface area contributed by atoms with Crippen molar-refractivity contribution < 1.29 is 36.7 Å². The molecule has 0 aromatic rings. The fraction of sp³-hybridized carbons (Fsp3) is 1.00. The summed E-state index contributed by atoms with van der Waals surface area (Å²) in [5.74, 6) is -0.806. The van der Waals surface area contributed by atoms with Crippen molar-refractivity contribution in [3.05, 3.63) is 0 Å². The molecular formula is C19H41NO8Si. The van der Waals surface area contributed by atoms with Crippen molar-refractivity contribution >= 4 is 9.05 Å². The van der Waals surface area contributed by atoms with E-state index in [2.05, 4.69) is 0 Å². The van der Waals surface area contributed by atoms with Gasteiger partial charge in [-0.2, -0.15) is 0 Å². The van der Waals surface area contributed by atoms with Crippen LogP contribution < -0.4 is 5.73 Å². The molecule has 3 unspecified atom stereocenters. The van der Waals surface area contributed by atoms with Crippen LogP contribution in [0, 0.1) is 0 Å². The summed E-state index contributed by atoms with van der Waals surface area (Å²) in [7, 11) is -3.18. The van der Waals surface area contributed by atoms with Crippen molar-refractivity contribution in [2.24, 2.45) is 5.73 Å². The van der Waals surface area contributed by atoms with Crippen LogP contribution in [0.1, 0.15) is 47.5 Å². The quantitative estimate of drug-likeness (QED) is 0.206. The SMILES string of the molecule is C(OCC1CO1)C1CO1.CCOC(C)(CCCN)O[Si](OCC)(OCC)OCC. The lowest BCUT2D eigenvalue weighted by atomic mass is 10.2. The van der Waals surface area contributed by atoms with Gasteiger partial charge < -0.3 is 42.4 Å². The number of hydrogen-bond acceptors (Lipinski definition) is 9. The second-order valence-corrected chi connectivity index (χ2v) is 8.88. The van der Waals surface area contributed by atoms with E-state index in [0.717, 1.165) is 32.8 Å². The van der Waals surface area contributed by atoms with Gasteiger partial charge in [-0.15, -0.1) is 0 Å². The monoisotopic (exact) mass is 439 g/mol. The van der Waals surface area contributed by atoms with Crippen molar-refractivity contribution in [2.45, 2.75) is 65.5 Å². The molecule has 9 nitrogen and oxygen atoms in total. The van der Waals surface area contributed by atoms with Gasteiger partial charge >= 0.3 is 9.05 Å². The summed E-state index contributed by atoms with van der Waals surface area (Å²) in [4.78, 5) is 0. The zero-order valence-corrected chi connectivity index (χ0v) is 19.8. The summed E-state index contributed by atoms with van der Waals surface area (Å²) in [6.07, 6.45) is 2.25. The highest BCUT2D eigenvalue weighted by atomic mass is 28.4. The second-order valence-electron chi connectivity index (χ2n) is 6.81. The molecule has 10 heteroatoms. The highest BCUT2D eigenvalue weighted by Gasteiger charge is 2.50. The summed E-state index contributed by atoms with van der Waals surface area (Å²) >= 11 is 0. The summed E-state index contributed by atoms with van der Waals surface area (Å²) in [5, 5.41) is 0. The van der Waals surface area contributed by atoms with E-state index in [9.17, 15) is 0 Å². The Morgan fingerprint density at radius 2 is 1.38 bits per heavy atom. The van der Waals surface area contributed by atoms with Gasteiger partial charge in [-0.1, -0.05) is 0 Å². The molecule has 0 saturated carbocycles. The summed E-state index contributed by atoms with van der Waals surface area (Å²) in [5.41, 5.74) is 5.58. The van der Waals surface area contributed by atoms with Gasteiger partial charge in [0.1, 0.15) is 12.2 Å². The Morgan fingerprint density at radius 3 is 1.72 bits per heavy atom. The number of ether oxygens (including phenoxy) is 4. The minimum Gasteiger partial charge on any atom is -0.376 e. The average molecular weight is 440 g/mol. The van der Waals surface area contributed by atoms with Crippen LogP contribution in [0.2, 0.25) is 0 Å². The molecule has 2 heterocycles. The van der Waals surface area contributed by atoms with E-state index in [1.165, 1.54) is 0 Å². The van der Waals surface area contributed by atoms with Crippen molar-refractivity contribution in [3.8, 4) is 0 Å². The minimum atomic E-state index is -3.18. The molecule has 0 amide bonds. The zero-order chi connectivity index (χ0) is 21.6. The number of hydrogen-bond donors (Lipinski definition) is 1. The van der Waals surface area contributed by atoms with Crippen LogP contribution in [0.25, 0.3) is 0 Å². The Balaban J connectivity index is 0.000000379. The fourth-order valence-corrected chi connectivity index (χ4v) is 4.73. The highest BCUT2D eigenvalue weighted by molar-refractivity contribution is 6.53. The summed E-state index contributed by atoms with van der Waals surface area (Å²) in [6.45, 7) is 15.2. The Labute approximate surface area is 176 Å². The van der Waals surface area contributed by atoms with Gasteiger partial charge in [-0.05, 0) is 47.6 Å². The predicted molar refractivity (Wildman–Crippen MR) is 110 cm³/mol. The van der Waals surface area contributed by atoms with Crippen LogP contribution in [0.4, 0.5) is 0 Å². The van der Waals surface area contributed by atoms with Gasteiger partial charge in [0.25, 0.3) is 0 Å². The third kappa shape index (κ3) is 12.3. The van der Waals surface area contributed by atoms with E-state index in [4.69, 9.17) is 42.4 Å². The second kappa shape index (κ2) is 14.8. The standard InChI is InChI=1S/C13H31NO5Si.C6H10O3/c1-6-15-13(5,11-10-12-14)19-20(16-7-2,17-8-3)18-9-4;1(5-3-8-5)7-2-6-4-9-6/h6-12,14H2,1-5H3;5-6H,1-4H2. The Bertz CT molecular complexity index is 383. The molecule has 2 N–H and O–H groups in total. The molecule has 174 valence electrons. The third-order valence-corrected chi connectivity index (χ3v) is 6.61. The first-order valence-electron chi connectivity index (χ1n) is 10.7. The Morgan fingerprint density at radius 1 is 0.897 bits per heavy atom. The molecule has 0 aromatic heterocycles. The highest BCUT2D eigenvalue weighted by Crippen LogP contribution is 2.26. The molecule has 0 radical (unpaired) electrons. The van der Waals surface area contributed by atoms with Crippen LogP contribution >= 0.6 is 0 Å². The molecule has 0 bridgehead atoms. The lowest BCUT2D eigenvalue weighted by Gasteiger charge is -2.37. The van der Waals surface area contributed by atoms with E-state index in [1.807, 2.05) is 34.6 Å². The number of nitrogens with two attached hydrogens (primary N) is 1. The van der Waals surface area contributed by atoms with Crippen LogP contribution in [-0.2, 0) is 36.7 Å². The van der Waals surface area contributed by atoms with Gasteiger partial charge in [-0.25, -0.2) is 0 Å². The fourth-order valence-electron chi connectivity index (χ4n) is 2.55. The summed E-state index contributed by atoms with van der Waals surface area (Å²) in [6, 6.07) is 0. The van der Waals surface area contributed by atoms with E-state index < -0.39 is 14.8 Å². The van der Waals surface area contributed by atoms with Crippen molar-refractivity contribution in [2.75, 3.05) is 59.4 Å². The van der Waals surface area contributed by atoms with Crippen LogP contribution in [0.3, 0.4) is 0 Å². The largest absolute Gasteiger partial charge is 0.681 e. The van der Waals surface area contributed by atoms with Crippen molar-refractivity contribution in [1.82, 2.24) is 0 Å². The normalized spacial score (nSPS) is 22.6. The molecule has 0 spiro atoms. The van der Waals surface area contributed by atoms with E-state index in [0.29, 0.717) is 51.6 Å². The number of rotatable bonds is 17. The number of epoxide rings is 2. The lowest BCUT2D eigenvalue weighted by molar-refractivity contribution is -0.219. The smallest absolute Gasteiger partial charge is 0.376 e. The molecule has 0 aliphatic carbocycles. The first-order valence-corrected chi connectivity index (χ1v) is 12.4. The molecular weight excluding hydrogens is 398 g/mol. The van der Waals surface area contributed by atoms with Crippen molar-refractivity contribution in [1.29, 1.82) is 0 Å². The minimum absolute atomic E-state index is 0.392. The van der Waals surface area contributed by atoms with E-state index >= 15 is 0 Å². The summed E-state index contributed by atoms with van der Waals surface area (Å²) < 4.78 is 44.0. The van der Waals surface area contributed by atoms with Crippen LogP contribution in [-0.4, -0.2) is 86.4 Å². The molecule has 3 atom stereocenters. The molecule has 2 aliphatic rings. The van der Waals surface area contributed by atoms with Crippen LogP contribution in [0.5, 0.6) is 0 Å². The van der Waals surface area contributed by atoms with Gasteiger partial charge in [0, 0.05) is 32.8 Å². The maximum absolute atomic E-state index is 6.08. The predicted octanol–water partition coefficient (Wildman–Crippen LogP) is 1.84. The first kappa shape index (κ1) is 26.9.